The Balaban J connectivity index is 1.90. The molecule has 3 rings (SSSR count). The number of nitrogens with zero attached hydrogens (tertiary/aromatic N) is 1. The molecule has 1 saturated carbocycles. The van der Waals surface area contributed by atoms with E-state index in [1.807, 2.05) is 0 Å². The molecule has 6 nitrogen and oxygen atoms in total. The Morgan fingerprint density at radius 3 is 2.64 bits per heavy atom. The van der Waals surface area contributed by atoms with Gasteiger partial charge in [-0.2, -0.15) is 8.42 Å². The van der Waals surface area contributed by atoms with Crippen LogP contribution in [0.3, 0.4) is 0 Å². The number of carboxylic acid groups (broad SMARTS) is 1. The van der Waals surface area contributed by atoms with Crippen LogP contribution >= 0.6 is 0 Å². The maximum absolute atomic E-state index is 12.2. The minimum atomic E-state index is -3.73. The lowest BCUT2D eigenvalue weighted by Gasteiger charge is -2.31. The van der Waals surface area contributed by atoms with Crippen LogP contribution in [0.4, 0.5) is 5.69 Å². The second-order valence-electron chi connectivity index (χ2n) is 6.07. The average molecular weight is 321 g/mol. The summed E-state index contributed by atoms with van der Waals surface area (Å²) < 4.78 is 28.3. The van der Waals surface area contributed by atoms with Crippen LogP contribution in [0.25, 0.3) is 0 Å². The number of carboxylic acids is 1. The predicted molar refractivity (Wildman–Crippen MR) is 79.8 cm³/mol. The number of benzene rings is 1. The predicted octanol–water partition coefficient (Wildman–Crippen LogP) is 1.29. The summed E-state index contributed by atoms with van der Waals surface area (Å²) in [6, 6.07) is 6.58. The maximum atomic E-state index is 12.2. The van der Waals surface area contributed by atoms with Crippen molar-refractivity contribution in [1.29, 1.82) is 0 Å². The molecule has 1 aromatic carbocycles. The van der Waals surface area contributed by atoms with Gasteiger partial charge in [0.25, 0.3) is 10.0 Å². The standard InChI is InChI=1S/C15H18N2O4S/c18-14(19)10-15(7-3-4-8-15)9-13-16-11-5-1-2-6-12(11)22(20,21)17-13/h1-2,5-6H,3-4,7-10H2,(H,16,17)(H,18,19)/p-1. The second kappa shape index (κ2) is 5.39. The molecule has 0 radical (unpaired) electrons. The highest BCUT2D eigenvalue weighted by molar-refractivity contribution is 7.90. The Kier molecular flexibility index (Phi) is 3.68. The zero-order valence-electron chi connectivity index (χ0n) is 12.0. The van der Waals surface area contributed by atoms with Crippen LogP contribution in [0.1, 0.15) is 38.5 Å². The van der Waals surface area contributed by atoms with Crippen LogP contribution in [0, 0.1) is 5.41 Å². The minimum absolute atomic E-state index is 0.0601. The van der Waals surface area contributed by atoms with E-state index < -0.39 is 21.4 Å². The third-order valence-corrected chi connectivity index (χ3v) is 5.77. The summed E-state index contributed by atoms with van der Waals surface area (Å²) in [5, 5.41) is 14.1. The first-order valence-corrected chi connectivity index (χ1v) is 8.74. The lowest BCUT2D eigenvalue weighted by Crippen LogP contribution is -2.35. The molecule has 0 saturated heterocycles. The number of anilines is 1. The van der Waals surface area contributed by atoms with Gasteiger partial charge in [-0.1, -0.05) is 25.0 Å². The Morgan fingerprint density at radius 2 is 1.95 bits per heavy atom. The van der Waals surface area contributed by atoms with E-state index in [4.69, 9.17) is 0 Å². The number of hydrogen-bond acceptors (Lipinski definition) is 5. The van der Waals surface area contributed by atoms with Crippen molar-refractivity contribution in [3.05, 3.63) is 24.3 Å². The summed E-state index contributed by atoms with van der Waals surface area (Å²) in [6.45, 7) is 0. The smallest absolute Gasteiger partial charge is 0.286 e. The van der Waals surface area contributed by atoms with Crippen LogP contribution < -0.4 is 10.4 Å². The molecule has 118 valence electrons. The van der Waals surface area contributed by atoms with Crippen molar-refractivity contribution in [1.82, 2.24) is 0 Å². The van der Waals surface area contributed by atoms with Gasteiger partial charge < -0.3 is 15.2 Å². The molecule has 0 spiro atoms. The number of hydrogen-bond donors (Lipinski definition) is 1. The van der Waals surface area contributed by atoms with Gasteiger partial charge in [0.05, 0.1) is 5.69 Å². The fourth-order valence-electron chi connectivity index (χ4n) is 3.45. The second-order valence-corrected chi connectivity index (χ2v) is 7.64. The number of rotatable bonds is 4. The molecule has 1 heterocycles. The molecule has 22 heavy (non-hydrogen) atoms. The van der Waals surface area contributed by atoms with Gasteiger partial charge in [0, 0.05) is 12.4 Å². The van der Waals surface area contributed by atoms with Gasteiger partial charge in [0.1, 0.15) is 10.7 Å². The van der Waals surface area contributed by atoms with Crippen molar-refractivity contribution >= 4 is 27.5 Å². The molecule has 0 atom stereocenters. The molecule has 7 heteroatoms. The quantitative estimate of drug-likeness (QED) is 0.901. The zero-order chi connectivity index (χ0) is 15.8. The topological polar surface area (TPSA) is 98.7 Å². The van der Waals surface area contributed by atoms with Gasteiger partial charge in [-0.25, -0.2) is 0 Å². The maximum Gasteiger partial charge on any atom is 0.286 e. The minimum Gasteiger partial charge on any atom is -0.550 e. The van der Waals surface area contributed by atoms with Gasteiger partial charge >= 0.3 is 0 Å². The van der Waals surface area contributed by atoms with Gasteiger partial charge in [-0.05, 0) is 36.8 Å². The first kappa shape index (κ1) is 15.0. The lowest BCUT2D eigenvalue weighted by atomic mass is 9.79. The van der Waals surface area contributed by atoms with Crippen molar-refractivity contribution < 1.29 is 18.3 Å². The monoisotopic (exact) mass is 321 g/mol. The highest BCUT2D eigenvalue weighted by Gasteiger charge is 2.37. The van der Waals surface area contributed by atoms with Crippen molar-refractivity contribution in [3.8, 4) is 0 Å². The van der Waals surface area contributed by atoms with Gasteiger partial charge in [-0.3, -0.25) is 0 Å². The summed E-state index contributed by atoms with van der Waals surface area (Å²) in [5.41, 5.74) is 0.0426. The summed E-state index contributed by atoms with van der Waals surface area (Å²) in [7, 11) is -3.73. The fraction of sp³-hybridized carbons (Fsp3) is 0.467. The Morgan fingerprint density at radius 1 is 1.27 bits per heavy atom. The SMILES string of the molecule is O=C([O-])CC1(CC2=NS(=O)(=O)c3ccccc3N2)CCCC1. The van der Waals surface area contributed by atoms with Crippen LogP contribution in [-0.2, 0) is 14.8 Å². The van der Waals surface area contributed by atoms with Crippen molar-refractivity contribution in [2.75, 3.05) is 5.32 Å². The van der Waals surface area contributed by atoms with Crippen LogP contribution in [0.15, 0.2) is 33.6 Å². The Labute approximate surface area is 129 Å². The number of fused-ring (bicyclic) bond motifs is 1. The first-order chi connectivity index (χ1) is 10.4. The van der Waals surface area contributed by atoms with E-state index >= 15 is 0 Å². The van der Waals surface area contributed by atoms with E-state index in [-0.39, 0.29) is 11.3 Å². The summed E-state index contributed by atoms with van der Waals surface area (Å²) >= 11 is 0. The van der Waals surface area contributed by atoms with E-state index in [1.54, 1.807) is 18.2 Å². The lowest BCUT2D eigenvalue weighted by molar-refractivity contribution is -0.308. The Hall–Kier alpha value is -1.89. The molecule has 1 aromatic rings. The van der Waals surface area contributed by atoms with E-state index in [0.29, 0.717) is 17.9 Å². The molecular formula is C15H17N2O4S-. The molecule has 1 N–H and O–H groups in total. The third-order valence-electron chi connectivity index (χ3n) is 4.40. The number of amidine groups is 1. The molecule has 2 aliphatic rings. The number of carbonyl (C=O) groups excluding carboxylic acids is 1. The van der Waals surface area contributed by atoms with E-state index in [9.17, 15) is 18.3 Å². The normalized spacial score (nSPS) is 21.5. The van der Waals surface area contributed by atoms with Crippen LogP contribution in [0.5, 0.6) is 0 Å². The molecule has 1 fully saturated rings. The molecule has 0 unspecified atom stereocenters. The number of carbonyl (C=O) groups is 1. The largest absolute Gasteiger partial charge is 0.550 e. The molecular weight excluding hydrogens is 304 g/mol. The van der Waals surface area contributed by atoms with Gasteiger partial charge in [0.2, 0.25) is 0 Å². The number of sulfonamides is 1. The molecule has 0 amide bonds. The van der Waals surface area contributed by atoms with E-state index in [1.165, 1.54) is 6.07 Å². The van der Waals surface area contributed by atoms with Crippen molar-refractivity contribution in [2.45, 2.75) is 43.4 Å². The van der Waals surface area contributed by atoms with E-state index in [0.717, 1.165) is 25.7 Å². The average Bonchev–Trinajstić information content (AvgIpc) is 2.85. The number of aliphatic carboxylic acids is 1. The van der Waals surface area contributed by atoms with Crippen molar-refractivity contribution in [3.63, 3.8) is 0 Å². The first-order valence-electron chi connectivity index (χ1n) is 7.30. The molecule has 0 bridgehead atoms. The highest BCUT2D eigenvalue weighted by atomic mass is 32.2. The van der Waals surface area contributed by atoms with Crippen LogP contribution in [-0.4, -0.2) is 20.2 Å². The van der Waals surface area contributed by atoms with E-state index in [2.05, 4.69) is 9.71 Å². The Bertz CT molecular complexity index is 734. The van der Waals surface area contributed by atoms with Crippen molar-refractivity contribution in [2.24, 2.45) is 9.81 Å². The summed E-state index contributed by atoms with van der Waals surface area (Å²) in [4.78, 5) is 11.2. The number of para-hydroxylation sites is 1. The molecule has 0 aromatic heterocycles. The molecule has 1 aliphatic heterocycles. The zero-order valence-corrected chi connectivity index (χ0v) is 12.9. The number of nitrogens with one attached hydrogen (secondary N) is 1. The molecule has 1 aliphatic carbocycles. The summed E-state index contributed by atoms with van der Waals surface area (Å²) in [5.74, 6) is -0.775. The highest BCUT2D eigenvalue weighted by Crippen LogP contribution is 2.45. The third kappa shape index (κ3) is 2.85. The summed E-state index contributed by atoms with van der Waals surface area (Å²) in [6.07, 6.45) is 3.66. The van der Waals surface area contributed by atoms with Crippen LogP contribution in [0.2, 0.25) is 0 Å². The van der Waals surface area contributed by atoms with Gasteiger partial charge in [0.15, 0.2) is 0 Å². The fourth-order valence-corrected chi connectivity index (χ4v) is 4.59. The van der Waals surface area contributed by atoms with Gasteiger partial charge in [-0.15, -0.1) is 4.40 Å².